The highest BCUT2D eigenvalue weighted by Gasteiger charge is 2.29. The molecule has 1 aliphatic carbocycles. The van der Waals surface area contributed by atoms with Crippen LogP contribution in [0.3, 0.4) is 0 Å². The van der Waals surface area contributed by atoms with Crippen molar-refractivity contribution in [3.8, 4) is 0 Å². The molecule has 0 aromatic rings. The number of aliphatic imine (C=N–C) groups is 1. The maximum absolute atomic E-state index is 12.1. The Morgan fingerprint density at radius 3 is 2.36 bits per heavy atom. The van der Waals surface area contributed by atoms with E-state index in [4.69, 9.17) is 4.99 Å². The van der Waals surface area contributed by atoms with Crippen molar-refractivity contribution in [2.45, 2.75) is 72.3 Å². The van der Waals surface area contributed by atoms with E-state index in [0.717, 1.165) is 45.0 Å². The fraction of sp³-hybridized carbons (Fsp3) is 0.895. The Kier molecular flexibility index (Phi) is 9.52. The van der Waals surface area contributed by atoms with Gasteiger partial charge in [0, 0.05) is 38.1 Å². The highest BCUT2D eigenvalue weighted by molar-refractivity contribution is 14.0. The summed E-state index contributed by atoms with van der Waals surface area (Å²) in [6, 6.07) is 0.412. The molecule has 5 nitrogen and oxygen atoms in total. The molecule has 0 atom stereocenters. The van der Waals surface area contributed by atoms with Crippen molar-refractivity contribution in [2.24, 2.45) is 16.3 Å². The number of amides is 1. The number of halogens is 1. The number of guanidine groups is 1. The Bertz CT molecular complexity index is 439. The summed E-state index contributed by atoms with van der Waals surface area (Å²) >= 11 is 0. The quantitative estimate of drug-likeness (QED) is 0.373. The second kappa shape index (κ2) is 10.6. The molecule has 146 valence electrons. The van der Waals surface area contributed by atoms with E-state index in [-0.39, 0.29) is 35.8 Å². The molecular formula is C19H37IN4O. The van der Waals surface area contributed by atoms with Gasteiger partial charge in [0.1, 0.15) is 0 Å². The summed E-state index contributed by atoms with van der Waals surface area (Å²) in [7, 11) is 0. The molecule has 2 N–H and O–H groups in total. The van der Waals surface area contributed by atoms with Crippen LogP contribution in [0, 0.1) is 11.3 Å². The van der Waals surface area contributed by atoms with Crippen LogP contribution >= 0.6 is 24.0 Å². The van der Waals surface area contributed by atoms with Gasteiger partial charge in [0.15, 0.2) is 5.96 Å². The summed E-state index contributed by atoms with van der Waals surface area (Å²) < 4.78 is 0. The first kappa shape index (κ1) is 22.5. The van der Waals surface area contributed by atoms with Crippen molar-refractivity contribution >= 4 is 35.8 Å². The van der Waals surface area contributed by atoms with Crippen molar-refractivity contribution in [1.29, 1.82) is 0 Å². The highest BCUT2D eigenvalue weighted by Crippen LogP contribution is 2.37. The van der Waals surface area contributed by atoms with Crippen molar-refractivity contribution in [3.05, 3.63) is 0 Å². The van der Waals surface area contributed by atoms with Gasteiger partial charge in [0.25, 0.3) is 0 Å². The first-order valence-corrected chi connectivity index (χ1v) is 9.77. The molecule has 0 aromatic carbocycles. The normalized spacial score (nSPS) is 21.2. The van der Waals surface area contributed by atoms with Crippen LogP contribution in [0.25, 0.3) is 0 Å². The van der Waals surface area contributed by atoms with Crippen molar-refractivity contribution < 1.29 is 4.79 Å². The second-order valence-electron chi connectivity index (χ2n) is 8.11. The number of piperidine rings is 1. The van der Waals surface area contributed by atoms with Gasteiger partial charge in [-0.15, -0.1) is 24.0 Å². The topological polar surface area (TPSA) is 56.7 Å². The van der Waals surface area contributed by atoms with E-state index in [2.05, 4.69) is 24.5 Å². The van der Waals surface area contributed by atoms with Crippen LogP contribution in [-0.4, -0.2) is 49.0 Å². The standard InChI is InChI=1S/C19H36N4O.HI/c1-5-20-18(21-14-19(4)10-6-7-11-19)22-16-8-12-23(13-9-16)17(24)15(2)3;/h15-16H,5-14H2,1-4H3,(H2,20,21,22);1H. The summed E-state index contributed by atoms with van der Waals surface area (Å²) in [5.74, 6) is 1.32. The van der Waals surface area contributed by atoms with Gasteiger partial charge in [0.2, 0.25) is 5.91 Å². The molecule has 2 rings (SSSR count). The minimum Gasteiger partial charge on any atom is -0.357 e. The maximum Gasteiger partial charge on any atom is 0.225 e. The van der Waals surface area contributed by atoms with E-state index < -0.39 is 0 Å². The van der Waals surface area contributed by atoms with Gasteiger partial charge in [-0.25, -0.2) is 0 Å². The SMILES string of the molecule is CCNC(=NCC1(C)CCCC1)NC1CCN(C(=O)C(C)C)CC1.I. The predicted molar refractivity (Wildman–Crippen MR) is 116 cm³/mol. The Balaban J connectivity index is 0.00000312. The molecule has 1 saturated carbocycles. The maximum atomic E-state index is 12.1. The highest BCUT2D eigenvalue weighted by atomic mass is 127. The van der Waals surface area contributed by atoms with Gasteiger partial charge < -0.3 is 15.5 Å². The number of rotatable bonds is 5. The zero-order valence-electron chi connectivity index (χ0n) is 16.4. The molecule has 2 aliphatic rings. The lowest BCUT2D eigenvalue weighted by atomic mass is 9.89. The van der Waals surface area contributed by atoms with Crippen LogP contribution in [0.4, 0.5) is 0 Å². The van der Waals surface area contributed by atoms with Crippen LogP contribution in [0.1, 0.15) is 66.2 Å². The van der Waals surface area contributed by atoms with E-state index >= 15 is 0 Å². The second-order valence-corrected chi connectivity index (χ2v) is 8.11. The number of nitrogens with zero attached hydrogens (tertiary/aromatic N) is 2. The first-order valence-electron chi connectivity index (χ1n) is 9.77. The number of hydrogen-bond donors (Lipinski definition) is 2. The molecule has 1 heterocycles. The number of hydrogen-bond acceptors (Lipinski definition) is 2. The summed E-state index contributed by atoms with van der Waals surface area (Å²) in [6.45, 7) is 11.9. The third-order valence-corrected chi connectivity index (χ3v) is 5.42. The lowest BCUT2D eigenvalue weighted by Crippen LogP contribution is -2.50. The molecule has 1 amide bonds. The monoisotopic (exact) mass is 464 g/mol. The number of carbonyl (C=O) groups excluding carboxylic acids is 1. The molecule has 6 heteroatoms. The molecule has 0 unspecified atom stereocenters. The largest absolute Gasteiger partial charge is 0.357 e. The summed E-state index contributed by atoms with van der Waals surface area (Å²) in [6.07, 6.45) is 7.29. The third kappa shape index (κ3) is 6.94. The zero-order chi connectivity index (χ0) is 17.6. The first-order chi connectivity index (χ1) is 11.4. The fourth-order valence-electron chi connectivity index (χ4n) is 3.78. The van der Waals surface area contributed by atoms with E-state index in [1.165, 1.54) is 25.7 Å². The Morgan fingerprint density at radius 2 is 1.84 bits per heavy atom. The van der Waals surface area contributed by atoms with Crippen molar-refractivity contribution in [3.63, 3.8) is 0 Å². The number of carbonyl (C=O) groups is 1. The van der Waals surface area contributed by atoms with Crippen LogP contribution in [0.5, 0.6) is 0 Å². The lowest BCUT2D eigenvalue weighted by molar-refractivity contribution is -0.135. The Hall–Kier alpha value is -0.530. The molecule has 0 radical (unpaired) electrons. The van der Waals surface area contributed by atoms with E-state index in [1.807, 2.05) is 18.7 Å². The molecule has 2 fully saturated rings. The van der Waals surface area contributed by atoms with Gasteiger partial charge >= 0.3 is 0 Å². The molecule has 0 spiro atoms. The van der Waals surface area contributed by atoms with Gasteiger partial charge in [0.05, 0.1) is 0 Å². The summed E-state index contributed by atoms with van der Waals surface area (Å²) in [5.41, 5.74) is 0.384. The zero-order valence-corrected chi connectivity index (χ0v) is 18.8. The van der Waals surface area contributed by atoms with Gasteiger partial charge in [-0.1, -0.05) is 33.6 Å². The summed E-state index contributed by atoms with van der Waals surface area (Å²) in [5, 5.41) is 6.97. The van der Waals surface area contributed by atoms with Crippen LogP contribution in [0.15, 0.2) is 4.99 Å². The third-order valence-electron chi connectivity index (χ3n) is 5.42. The predicted octanol–water partition coefficient (Wildman–Crippen LogP) is 3.39. The van der Waals surface area contributed by atoms with Gasteiger partial charge in [-0.2, -0.15) is 0 Å². The Labute approximate surface area is 170 Å². The van der Waals surface area contributed by atoms with Gasteiger partial charge in [-0.05, 0) is 38.0 Å². The molecule has 25 heavy (non-hydrogen) atoms. The van der Waals surface area contributed by atoms with Crippen molar-refractivity contribution in [1.82, 2.24) is 15.5 Å². The van der Waals surface area contributed by atoms with E-state index in [1.54, 1.807) is 0 Å². The minimum absolute atomic E-state index is 0. The van der Waals surface area contributed by atoms with Crippen LogP contribution in [-0.2, 0) is 4.79 Å². The average Bonchev–Trinajstić information content (AvgIpc) is 3.00. The molecule has 1 aliphatic heterocycles. The van der Waals surface area contributed by atoms with E-state index in [0.29, 0.717) is 11.5 Å². The minimum atomic E-state index is 0. The van der Waals surface area contributed by atoms with Gasteiger partial charge in [-0.3, -0.25) is 9.79 Å². The summed E-state index contributed by atoms with van der Waals surface area (Å²) in [4.78, 5) is 18.9. The van der Waals surface area contributed by atoms with Crippen LogP contribution < -0.4 is 10.6 Å². The fourth-order valence-corrected chi connectivity index (χ4v) is 3.78. The molecule has 1 saturated heterocycles. The molecule has 0 aromatic heterocycles. The Morgan fingerprint density at radius 1 is 1.24 bits per heavy atom. The lowest BCUT2D eigenvalue weighted by Gasteiger charge is -2.34. The molecule has 0 bridgehead atoms. The van der Waals surface area contributed by atoms with E-state index in [9.17, 15) is 4.79 Å². The number of nitrogens with one attached hydrogen (secondary N) is 2. The van der Waals surface area contributed by atoms with Crippen molar-refractivity contribution in [2.75, 3.05) is 26.2 Å². The van der Waals surface area contributed by atoms with Crippen LogP contribution in [0.2, 0.25) is 0 Å². The molecular weight excluding hydrogens is 427 g/mol. The number of likely N-dealkylation sites (tertiary alicyclic amines) is 1. The average molecular weight is 464 g/mol. The smallest absolute Gasteiger partial charge is 0.225 e.